The van der Waals surface area contributed by atoms with Crippen LogP contribution in [0, 0.1) is 20.8 Å². The largest absolute Gasteiger partial charge is 0.253 e. The standard InChI is InChI=1S/C19H19N5/c1-12-4-8-17-15(10-12)5-6-16(21-17)7-9-18-22-19-13(2)11-20-14(3)24(19)23-18/h4-6,8,10-11H,7,9H2,1-3H3. The maximum Gasteiger partial charge on any atom is 0.162 e. The van der Waals surface area contributed by atoms with Crippen molar-refractivity contribution in [3.8, 4) is 0 Å². The highest BCUT2D eigenvalue weighted by atomic mass is 15.3. The van der Waals surface area contributed by atoms with Gasteiger partial charge in [-0.2, -0.15) is 4.52 Å². The van der Waals surface area contributed by atoms with Crippen molar-refractivity contribution in [3.63, 3.8) is 0 Å². The molecular formula is C19H19N5. The van der Waals surface area contributed by atoms with Crippen LogP contribution in [0.3, 0.4) is 0 Å². The van der Waals surface area contributed by atoms with Crippen molar-refractivity contribution in [2.75, 3.05) is 0 Å². The minimum absolute atomic E-state index is 0.769. The zero-order valence-corrected chi connectivity index (χ0v) is 14.1. The Labute approximate surface area is 140 Å². The van der Waals surface area contributed by atoms with E-state index in [1.807, 2.05) is 24.6 Å². The van der Waals surface area contributed by atoms with E-state index in [-0.39, 0.29) is 0 Å². The summed E-state index contributed by atoms with van der Waals surface area (Å²) in [4.78, 5) is 13.7. The van der Waals surface area contributed by atoms with E-state index in [1.54, 1.807) is 0 Å². The molecule has 4 rings (SSSR count). The van der Waals surface area contributed by atoms with Crippen LogP contribution in [0.4, 0.5) is 0 Å². The lowest BCUT2D eigenvalue weighted by molar-refractivity contribution is 0.795. The molecule has 24 heavy (non-hydrogen) atoms. The summed E-state index contributed by atoms with van der Waals surface area (Å²) in [7, 11) is 0. The smallest absolute Gasteiger partial charge is 0.162 e. The Kier molecular flexibility index (Phi) is 3.49. The highest BCUT2D eigenvalue weighted by molar-refractivity contribution is 5.79. The minimum atomic E-state index is 0.769. The van der Waals surface area contributed by atoms with E-state index >= 15 is 0 Å². The van der Waals surface area contributed by atoms with Gasteiger partial charge in [-0.15, -0.1) is 5.10 Å². The Hall–Kier alpha value is -2.82. The van der Waals surface area contributed by atoms with Gasteiger partial charge < -0.3 is 0 Å². The third-order valence-electron chi connectivity index (χ3n) is 4.26. The van der Waals surface area contributed by atoms with E-state index < -0.39 is 0 Å². The number of benzene rings is 1. The molecule has 0 saturated carbocycles. The van der Waals surface area contributed by atoms with Gasteiger partial charge in [-0.05, 0) is 45.4 Å². The highest BCUT2D eigenvalue weighted by Gasteiger charge is 2.09. The van der Waals surface area contributed by atoms with Crippen molar-refractivity contribution in [3.05, 3.63) is 65.0 Å². The van der Waals surface area contributed by atoms with Crippen molar-refractivity contribution >= 4 is 16.6 Å². The molecule has 0 radical (unpaired) electrons. The number of aryl methyl sites for hydroxylation is 5. The van der Waals surface area contributed by atoms with Gasteiger partial charge >= 0.3 is 0 Å². The first kappa shape index (κ1) is 14.8. The summed E-state index contributed by atoms with van der Waals surface area (Å²) in [5.41, 5.74) is 5.29. The molecule has 0 amide bonds. The summed E-state index contributed by atoms with van der Waals surface area (Å²) in [5.74, 6) is 1.69. The van der Waals surface area contributed by atoms with Crippen molar-refractivity contribution in [1.29, 1.82) is 0 Å². The van der Waals surface area contributed by atoms with Gasteiger partial charge in [0.1, 0.15) is 5.82 Å². The first-order valence-corrected chi connectivity index (χ1v) is 8.14. The van der Waals surface area contributed by atoms with Crippen LogP contribution in [0.1, 0.15) is 28.5 Å². The van der Waals surface area contributed by atoms with E-state index in [2.05, 4.69) is 52.3 Å². The molecule has 0 spiro atoms. The second-order valence-electron chi connectivity index (χ2n) is 6.25. The van der Waals surface area contributed by atoms with Crippen molar-refractivity contribution in [2.24, 2.45) is 0 Å². The summed E-state index contributed by atoms with van der Waals surface area (Å²) < 4.78 is 1.82. The molecule has 5 heteroatoms. The number of hydrogen-bond acceptors (Lipinski definition) is 4. The summed E-state index contributed by atoms with van der Waals surface area (Å²) in [6.45, 7) is 6.05. The lowest BCUT2D eigenvalue weighted by Crippen LogP contribution is -1.99. The summed E-state index contributed by atoms with van der Waals surface area (Å²) in [6, 6.07) is 10.6. The van der Waals surface area contributed by atoms with Crippen LogP contribution < -0.4 is 0 Å². The minimum Gasteiger partial charge on any atom is -0.253 e. The molecule has 0 saturated heterocycles. The lowest BCUT2D eigenvalue weighted by Gasteiger charge is -2.02. The molecule has 0 fully saturated rings. The van der Waals surface area contributed by atoms with E-state index in [4.69, 9.17) is 4.98 Å². The summed E-state index contributed by atoms with van der Waals surface area (Å²) in [6.07, 6.45) is 3.44. The van der Waals surface area contributed by atoms with Gasteiger partial charge in [-0.25, -0.2) is 9.97 Å². The SMILES string of the molecule is Cc1ccc2nc(CCc3nc4c(C)cnc(C)n4n3)ccc2c1. The Bertz CT molecular complexity index is 1010. The quantitative estimate of drug-likeness (QED) is 0.581. The molecule has 0 N–H and O–H groups in total. The van der Waals surface area contributed by atoms with Crippen LogP contribution >= 0.6 is 0 Å². The van der Waals surface area contributed by atoms with Gasteiger partial charge in [0, 0.05) is 29.3 Å². The fraction of sp³-hybridized carbons (Fsp3) is 0.263. The van der Waals surface area contributed by atoms with Gasteiger partial charge in [0.2, 0.25) is 0 Å². The first-order chi connectivity index (χ1) is 11.6. The Morgan fingerprint density at radius 2 is 1.83 bits per heavy atom. The average molecular weight is 317 g/mol. The Balaban J connectivity index is 1.59. The summed E-state index contributed by atoms with van der Waals surface area (Å²) in [5, 5.41) is 5.76. The lowest BCUT2D eigenvalue weighted by atomic mass is 10.1. The van der Waals surface area contributed by atoms with Crippen LogP contribution in [0.2, 0.25) is 0 Å². The zero-order chi connectivity index (χ0) is 16.7. The topological polar surface area (TPSA) is 56.0 Å². The molecule has 0 aliphatic rings. The van der Waals surface area contributed by atoms with Gasteiger partial charge in [0.05, 0.1) is 5.52 Å². The van der Waals surface area contributed by atoms with Crippen LogP contribution in [0.15, 0.2) is 36.5 Å². The highest BCUT2D eigenvalue weighted by Crippen LogP contribution is 2.16. The Morgan fingerprint density at radius 1 is 0.958 bits per heavy atom. The van der Waals surface area contributed by atoms with Gasteiger partial charge in [-0.1, -0.05) is 17.7 Å². The third-order valence-corrected chi connectivity index (χ3v) is 4.26. The summed E-state index contributed by atoms with van der Waals surface area (Å²) >= 11 is 0. The number of hydrogen-bond donors (Lipinski definition) is 0. The van der Waals surface area contributed by atoms with E-state index in [9.17, 15) is 0 Å². The maximum absolute atomic E-state index is 4.75. The molecule has 0 atom stereocenters. The number of fused-ring (bicyclic) bond motifs is 2. The second-order valence-corrected chi connectivity index (χ2v) is 6.25. The molecule has 3 aromatic heterocycles. The van der Waals surface area contributed by atoms with E-state index in [0.29, 0.717) is 0 Å². The first-order valence-electron chi connectivity index (χ1n) is 8.14. The molecule has 1 aromatic carbocycles. The van der Waals surface area contributed by atoms with Crippen LogP contribution in [0.25, 0.3) is 16.6 Å². The fourth-order valence-corrected chi connectivity index (χ4v) is 2.91. The number of pyridine rings is 1. The average Bonchev–Trinajstić information content (AvgIpc) is 3.02. The predicted octanol–water partition coefficient (Wildman–Crippen LogP) is 3.38. The van der Waals surface area contributed by atoms with E-state index in [1.165, 1.54) is 10.9 Å². The molecule has 5 nitrogen and oxygen atoms in total. The third kappa shape index (κ3) is 2.62. The molecule has 0 unspecified atom stereocenters. The van der Waals surface area contributed by atoms with Crippen molar-refractivity contribution in [2.45, 2.75) is 33.6 Å². The fourth-order valence-electron chi connectivity index (χ4n) is 2.91. The van der Waals surface area contributed by atoms with Gasteiger partial charge in [0.25, 0.3) is 0 Å². The Morgan fingerprint density at radius 3 is 2.67 bits per heavy atom. The molecular weight excluding hydrogens is 298 g/mol. The van der Waals surface area contributed by atoms with Crippen molar-refractivity contribution in [1.82, 2.24) is 24.6 Å². The number of aromatic nitrogens is 5. The van der Waals surface area contributed by atoms with Crippen LogP contribution in [-0.2, 0) is 12.8 Å². The van der Waals surface area contributed by atoms with Crippen molar-refractivity contribution < 1.29 is 0 Å². The predicted molar refractivity (Wildman–Crippen MR) is 94.1 cm³/mol. The molecule has 120 valence electrons. The second kappa shape index (κ2) is 5.67. The normalized spacial score (nSPS) is 11.5. The van der Waals surface area contributed by atoms with Gasteiger partial charge in [-0.3, -0.25) is 4.98 Å². The molecule has 0 bridgehead atoms. The zero-order valence-electron chi connectivity index (χ0n) is 14.1. The molecule has 3 heterocycles. The monoisotopic (exact) mass is 317 g/mol. The van der Waals surface area contributed by atoms with Crippen LogP contribution in [-0.4, -0.2) is 24.6 Å². The molecule has 0 aliphatic carbocycles. The molecule has 0 aliphatic heterocycles. The number of rotatable bonds is 3. The van der Waals surface area contributed by atoms with E-state index in [0.717, 1.165) is 46.9 Å². The van der Waals surface area contributed by atoms with Crippen LogP contribution in [0.5, 0.6) is 0 Å². The molecule has 4 aromatic rings. The van der Waals surface area contributed by atoms with Gasteiger partial charge in [0.15, 0.2) is 11.5 Å². The number of nitrogens with zero attached hydrogens (tertiary/aromatic N) is 5. The maximum atomic E-state index is 4.75.